The van der Waals surface area contributed by atoms with Gasteiger partial charge in [-0.2, -0.15) is 0 Å². The summed E-state index contributed by atoms with van der Waals surface area (Å²) in [7, 11) is 0. The summed E-state index contributed by atoms with van der Waals surface area (Å²) in [6.07, 6.45) is 5.24. The van der Waals surface area contributed by atoms with E-state index in [0.717, 1.165) is 12.5 Å². The Morgan fingerprint density at radius 1 is 1.40 bits per heavy atom. The third-order valence-electron chi connectivity index (χ3n) is 3.66. The summed E-state index contributed by atoms with van der Waals surface area (Å²) < 4.78 is 0. The minimum Gasteiger partial charge on any atom is -0.330 e. The van der Waals surface area contributed by atoms with E-state index in [-0.39, 0.29) is 0 Å². The zero-order valence-electron chi connectivity index (χ0n) is 6.34. The Balaban J connectivity index is 2.03. The zero-order valence-corrected chi connectivity index (χ0v) is 6.34. The van der Waals surface area contributed by atoms with Gasteiger partial charge in [-0.3, -0.25) is 0 Å². The van der Waals surface area contributed by atoms with Crippen molar-refractivity contribution < 1.29 is 0 Å². The Morgan fingerprint density at radius 3 is 2.30 bits per heavy atom. The van der Waals surface area contributed by atoms with Crippen molar-refractivity contribution in [2.24, 2.45) is 22.8 Å². The molecule has 0 amide bonds. The molecular formula is C8H16N2. The number of nitrogens with two attached hydrogens (primary N) is 2. The van der Waals surface area contributed by atoms with Gasteiger partial charge in [0.05, 0.1) is 0 Å². The van der Waals surface area contributed by atoms with E-state index in [2.05, 4.69) is 0 Å². The minimum atomic E-state index is 0.481. The number of hydrogen-bond acceptors (Lipinski definition) is 2. The molecule has 0 radical (unpaired) electrons. The second-order valence-electron chi connectivity index (χ2n) is 3.86. The highest BCUT2D eigenvalue weighted by molar-refractivity contribution is 5.09. The molecule has 0 bridgehead atoms. The smallest absolute Gasteiger partial charge is 0.0102 e. The Bertz CT molecular complexity index is 140. The van der Waals surface area contributed by atoms with Gasteiger partial charge in [-0.05, 0) is 37.1 Å². The van der Waals surface area contributed by atoms with Gasteiger partial charge in [0.25, 0.3) is 0 Å². The third-order valence-corrected chi connectivity index (χ3v) is 3.66. The van der Waals surface area contributed by atoms with Gasteiger partial charge in [0.15, 0.2) is 0 Å². The summed E-state index contributed by atoms with van der Waals surface area (Å²) in [6.45, 7) is 0.855. The molecule has 0 aromatic carbocycles. The average Bonchev–Trinajstić information content (AvgIpc) is 1.78. The van der Waals surface area contributed by atoms with Crippen LogP contribution < -0.4 is 11.5 Å². The zero-order chi connectivity index (χ0) is 7.19. The molecule has 10 heavy (non-hydrogen) atoms. The van der Waals surface area contributed by atoms with Crippen molar-refractivity contribution in [1.29, 1.82) is 0 Å². The first-order valence-corrected chi connectivity index (χ1v) is 4.25. The first-order valence-electron chi connectivity index (χ1n) is 4.25. The largest absolute Gasteiger partial charge is 0.330 e. The highest BCUT2D eigenvalue weighted by Crippen LogP contribution is 2.58. The van der Waals surface area contributed by atoms with E-state index in [1.165, 1.54) is 25.7 Å². The van der Waals surface area contributed by atoms with E-state index in [9.17, 15) is 0 Å². The summed E-state index contributed by atoms with van der Waals surface area (Å²) in [6, 6.07) is 0.481. The van der Waals surface area contributed by atoms with E-state index in [1.807, 2.05) is 0 Å². The van der Waals surface area contributed by atoms with Gasteiger partial charge in [-0.1, -0.05) is 6.42 Å². The van der Waals surface area contributed by atoms with Crippen LogP contribution in [0.2, 0.25) is 0 Å². The molecule has 2 atom stereocenters. The van der Waals surface area contributed by atoms with Crippen molar-refractivity contribution in [3.8, 4) is 0 Å². The van der Waals surface area contributed by atoms with Gasteiger partial charge >= 0.3 is 0 Å². The van der Waals surface area contributed by atoms with Crippen LogP contribution in [0.1, 0.15) is 25.7 Å². The van der Waals surface area contributed by atoms with Crippen molar-refractivity contribution in [3.63, 3.8) is 0 Å². The SMILES string of the molecule is NCC1CC(N)C12CCC2. The fourth-order valence-electron chi connectivity index (χ4n) is 2.61. The molecule has 0 aromatic rings. The lowest BCUT2D eigenvalue weighted by molar-refractivity contribution is -0.0677. The van der Waals surface area contributed by atoms with Crippen LogP contribution in [0.25, 0.3) is 0 Å². The Kier molecular flexibility index (Phi) is 1.29. The Labute approximate surface area is 62.0 Å². The van der Waals surface area contributed by atoms with Crippen LogP contribution in [0.3, 0.4) is 0 Å². The molecule has 1 spiro atoms. The molecule has 4 N–H and O–H groups in total. The standard InChI is InChI=1S/C8H16N2/c9-5-6-4-7(10)8(6)2-1-3-8/h6-7H,1-5,9-10H2. The quantitative estimate of drug-likeness (QED) is 0.556. The van der Waals surface area contributed by atoms with E-state index in [0.29, 0.717) is 11.5 Å². The molecule has 0 heterocycles. The van der Waals surface area contributed by atoms with Gasteiger partial charge in [0.1, 0.15) is 0 Å². The fraction of sp³-hybridized carbons (Fsp3) is 1.00. The molecule has 2 aliphatic rings. The monoisotopic (exact) mass is 140 g/mol. The highest BCUT2D eigenvalue weighted by Gasteiger charge is 2.55. The molecule has 2 rings (SSSR count). The lowest BCUT2D eigenvalue weighted by Gasteiger charge is -2.60. The topological polar surface area (TPSA) is 52.0 Å². The van der Waals surface area contributed by atoms with Crippen molar-refractivity contribution in [1.82, 2.24) is 0 Å². The average molecular weight is 140 g/mol. The van der Waals surface area contributed by atoms with Crippen molar-refractivity contribution in [2.75, 3.05) is 6.54 Å². The normalized spacial score (nSPS) is 42.6. The summed E-state index contributed by atoms with van der Waals surface area (Å²) >= 11 is 0. The van der Waals surface area contributed by atoms with E-state index in [4.69, 9.17) is 11.5 Å². The van der Waals surface area contributed by atoms with Crippen molar-refractivity contribution in [2.45, 2.75) is 31.7 Å². The third kappa shape index (κ3) is 0.565. The molecule has 0 aromatic heterocycles. The molecule has 2 unspecified atom stereocenters. The summed E-state index contributed by atoms with van der Waals surface area (Å²) in [5.41, 5.74) is 12.1. The maximum absolute atomic E-state index is 5.93. The molecule has 0 saturated heterocycles. The molecule has 0 aliphatic heterocycles. The summed E-state index contributed by atoms with van der Waals surface area (Å²) in [4.78, 5) is 0. The molecule has 2 heteroatoms. The van der Waals surface area contributed by atoms with Crippen molar-refractivity contribution in [3.05, 3.63) is 0 Å². The van der Waals surface area contributed by atoms with Gasteiger partial charge in [-0.25, -0.2) is 0 Å². The predicted molar refractivity (Wildman–Crippen MR) is 41.4 cm³/mol. The van der Waals surface area contributed by atoms with Crippen LogP contribution >= 0.6 is 0 Å². The van der Waals surface area contributed by atoms with Gasteiger partial charge in [0, 0.05) is 6.04 Å². The summed E-state index contributed by atoms with van der Waals surface area (Å²) in [5, 5.41) is 0. The van der Waals surface area contributed by atoms with Crippen LogP contribution in [-0.4, -0.2) is 12.6 Å². The first kappa shape index (κ1) is 6.62. The molecular weight excluding hydrogens is 124 g/mol. The van der Waals surface area contributed by atoms with Gasteiger partial charge in [-0.15, -0.1) is 0 Å². The van der Waals surface area contributed by atoms with Crippen LogP contribution in [-0.2, 0) is 0 Å². The second kappa shape index (κ2) is 1.95. The van der Waals surface area contributed by atoms with Crippen molar-refractivity contribution >= 4 is 0 Å². The van der Waals surface area contributed by atoms with Crippen LogP contribution in [0.15, 0.2) is 0 Å². The van der Waals surface area contributed by atoms with Crippen LogP contribution in [0, 0.1) is 11.3 Å². The maximum Gasteiger partial charge on any atom is 0.0102 e. The van der Waals surface area contributed by atoms with Gasteiger partial charge < -0.3 is 11.5 Å². The van der Waals surface area contributed by atoms with E-state index < -0.39 is 0 Å². The molecule has 58 valence electrons. The Morgan fingerprint density at radius 2 is 2.10 bits per heavy atom. The Hall–Kier alpha value is -0.0800. The van der Waals surface area contributed by atoms with E-state index in [1.54, 1.807) is 0 Å². The lowest BCUT2D eigenvalue weighted by atomic mass is 9.47. The van der Waals surface area contributed by atoms with Gasteiger partial charge in [0.2, 0.25) is 0 Å². The first-order chi connectivity index (χ1) is 4.79. The van der Waals surface area contributed by atoms with Crippen LogP contribution in [0.4, 0.5) is 0 Å². The minimum absolute atomic E-state index is 0.481. The number of rotatable bonds is 1. The summed E-state index contributed by atoms with van der Waals surface area (Å²) in [5.74, 6) is 0.760. The molecule has 2 aliphatic carbocycles. The van der Waals surface area contributed by atoms with E-state index >= 15 is 0 Å². The second-order valence-corrected chi connectivity index (χ2v) is 3.86. The fourth-order valence-corrected chi connectivity index (χ4v) is 2.61. The predicted octanol–water partition coefficient (Wildman–Crippen LogP) is 0.463. The highest BCUT2D eigenvalue weighted by atomic mass is 14.8. The molecule has 2 nitrogen and oxygen atoms in total. The maximum atomic E-state index is 5.93. The molecule has 2 fully saturated rings. The van der Waals surface area contributed by atoms with Crippen LogP contribution in [0.5, 0.6) is 0 Å². The lowest BCUT2D eigenvalue weighted by Crippen LogP contribution is -2.63. The number of hydrogen-bond donors (Lipinski definition) is 2. The molecule has 2 saturated carbocycles.